The van der Waals surface area contributed by atoms with Crippen LogP contribution in [0.15, 0.2) is 59.8 Å². The molecule has 0 bridgehead atoms. The van der Waals surface area contributed by atoms with Crippen LogP contribution < -0.4 is 16.0 Å². The van der Waals surface area contributed by atoms with E-state index in [0.29, 0.717) is 27.5 Å². The lowest BCUT2D eigenvalue weighted by Gasteiger charge is -2.28. The van der Waals surface area contributed by atoms with Crippen LogP contribution in [0.4, 0.5) is 16.2 Å². The number of hydrogen-bond donors (Lipinski definition) is 3. The molecule has 1 heterocycles. The van der Waals surface area contributed by atoms with Crippen LogP contribution in [0.25, 0.3) is 0 Å². The first kappa shape index (κ1) is 18.4. The zero-order valence-electron chi connectivity index (χ0n) is 14.2. The van der Waals surface area contributed by atoms with Gasteiger partial charge < -0.3 is 16.0 Å². The molecule has 3 rings (SSSR count). The third-order valence-electron chi connectivity index (χ3n) is 4.03. The van der Waals surface area contributed by atoms with Gasteiger partial charge in [-0.3, -0.25) is 14.9 Å². The van der Waals surface area contributed by atoms with Gasteiger partial charge in [-0.05, 0) is 42.8 Å². The number of nitro benzene ring substituents is 1. The van der Waals surface area contributed by atoms with Crippen molar-refractivity contribution in [2.45, 2.75) is 13.0 Å². The van der Waals surface area contributed by atoms with Crippen molar-refractivity contribution in [3.05, 3.63) is 80.5 Å². The van der Waals surface area contributed by atoms with E-state index in [1.165, 1.54) is 24.3 Å². The van der Waals surface area contributed by atoms with Crippen LogP contribution in [0.5, 0.6) is 0 Å². The minimum Gasteiger partial charge on any atom is -0.327 e. The number of rotatable bonds is 4. The maximum Gasteiger partial charge on any atom is 0.319 e. The van der Waals surface area contributed by atoms with Crippen LogP contribution in [0, 0.1) is 10.1 Å². The van der Waals surface area contributed by atoms with Crippen molar-refractivity contribution in [3.8, 4) is 0 Å². The van der Waals surface area contributed by atoms with Crippen LogP contribution in [0.3, 0.4) is 0 Å². The molecule has 9 heteroatoms. The van der Waals surface area contributed by atoms with Gasteiger partial charge in [-0.25, -0.2) is 4.79 Å². The monoisotopic (exact) mass is 386 g/mol. The largest absolute Gasteiger partial charge is 0.327 e. The van der Waals surface area contributed by atoms with E-state index in [4.69, 9.17) is 11.6 Å². The SMILES string of the molecule is CC1=C(C(=O)Nc2cccc(Cl)c2)[C@@H](c2ccc([N+](=O)[O-])cc2)NC(=O)N1. The Kier molecular flexibility index (Phi) is 5.09. The van der Waals surface area contributed by atoms with E-state index in [9.17, 15) is 19.7 Å². The second-order valence-electron chi connectivity index (χ2n) is 5.88. The average Bonchev–Trinajstić information content (AvgIpc) is 2.61. The van der Waals surface area contributed by atoms with E-state index in [-0.39, 0.29) is 5.69 Å². The van der Waals surface area contributed by atoms with Crippen molar-refractivity contribution in [1.82, 2.24) is 10.6 Å². The smallest absolute Gasteiger partial charge is 0.319 e. The molecule has 3 amide bonds. The van der Waals surface area contributed by atoms with Gasteiger partial charge in [0.2, 0.25) is 0 Å². The zero-order valence-corrected chi connectivity index (χ0v) is 14.9. The molecule has 0 saturated carbocycles. The molecule has 2 aromatic carbocycles. The number of hydrogen-bond acceptors (Lipinski definition) is 4. The maximum absolute atomic E-state index is 12.8. The molecule has 1 aliphatic rings. The van der Waals surface area contributed by atoms with Crippen molar-refractivity contribution in [2.75, 3.05) is 5.32 Å². The number of carbonyl (C=O) groups excluding carboxylic acids is 2. The Hall–Kier alpha value is -3.39. The van der Waals surface area contributed by atoms with E-state index >= 15 is 0 Å². The molecule has 0 spiro atoms. The van der Waals surface area contributed by atoms with Crippen LogP contribution in [0.2, 0.25) is 5.02 Å². The molecule has 138 valence electrons. The lowest BCUT2D eigenvalue weighted by molar-refractivity contribution is -0.384. The summed E-state index contributed by atoms with van der Waals surface area (Å²) >= 11 is 5.94. The quantitative estimate of drug-likeness (QED) is 0.551. The van der Waals surface area contributed by atoms with Crippen molar-refractivity contribution in [3.63, 3.8) is 0 Å². The number of benzene rings is 2. The normalized spacial score (nSPS) is 16.4. The summed E-state index contributed by atoms with van der Waals surface area (Å²) in [6.07, 6.45) is 0. The molecular formula is C18H15ClN4O4. The summed E-state index contributed by atoms with van der Waals surface area (Å²) < 4.78 is 0. The number of amides is 3. The van der Waals surface area contributed by atoms with Crippen molar-refractivity contribution in [2.24, 2.45) is 0 Å². The molecule has 1 atom stereocenters. The minimum atomic E-state index is -0.751. The Morgan fingerprint density at radius 3 is 2.56 bits per heavy atom. The van der Waals surface area contributed by atoms with Gasteiger partial charge in [0.15, 0.2) is 0 Å². The standard InChI is InChI=1S/C18H15ClN4O4/c1-10-15(17(24)21-13-4-2-3-12(19)9-13)16(22-18(25)20-10)11-5-7-14(8-6-11)23(26)27/h2-9,16H,1H3,(H,21,24)(H2,20,22,25)/t16-/m1/s1. The second kappa shape index (κ2) is 7.46. The lowest BCUT2D eigenvalue weighted by atomic mass is 9.94. The molecule has 0 aliphatic carbocycles. The minimum absolute atomic E-state index is 0.0790. The summed E-state index contributed by atoms with van der Waals surface area (Å²) in [5, 5.41) is 19.3. The highest BCUT2D eigenvalue weighted by Crippen LogP contribution is 2.29. The Bertz CT molecular complexity index is 956. The van der Waals surface area contributed by atoms with Crippen LogP contribution in [-0.4, -0.2) is 16.9 Å². The van der Waals surface area contributed by atoms with E-state index in [2.05, 4.69) is 16.0 Å². The van der Waals surface area contributed by atoms with Gasteiger partial charge >= 0.3 is 6.03 Å². The third-order valence-corrected chi connectivity index (χ3v) is 4.27. The number of nitrogens with zero attached hydrogens (tertiary/aromatic N) is 1. The molecule has 8 nitrogen and oxygen atoms in total. The van der Waals surface area contributed by atoms with Gasteiger partial charge in [-0.2, -0.15) is 0 Å². The number of halogens is 1. The van der Waals surface area contributed by atoms with E-state index in [1.54, 1.807) is 31.2 Å². The molecule has 2 aromatic rings. The van der Waals surface area contributed by atoms with E-state index in [1.807, 2.05) is 0 Å². The molecule has 0 saturated heterocycles. The number of urea groups is 1. The van der Waals surface area contributed by atoms with Gasteiger partial charge in [-0.15, -0.1) is 0 Å². The first-order valence-corrected chi connectivity index (χ1v) is 8.32. The number of anilines is 1. The third kappa shape index (κ3) is 4.06. The summed E-state index contributed by atoms with van der Waals surface area (Å²) in [6, 6.07) is 11.1. The summed E-state index contributed by atoms with van der Waals surface area (Å²) in [5.41, 5.74) is 1.66. The van der Waals surface area contributed by atoms with Gasteiger partial charge in [0.05, 0.1) is 16.5 Å². The number of nitrogens with one attached hydrogen (secondary N) is 3. The van der Waals surface area contributed by atoms with Crippen molar-refractivity contribution < 1.29 is 14.5 Å². The van der Waals surface area contributed by atoms with Crippen molar-refractivity contribution >= 4 is 34.9 Å². The highest BCUT2D eigenvalue weighted by Gasteiger charge is 2.31. The van der Waals surface area contributed by atoms with Gasteiger partial charge in [0, 0.05) is 28.5 Å². The first-order chi connectivity index (χ1) is 12.8. The first-order valence-electron chi connectivity index (χ1n) is 7.94. The highest BCUT2D eigenvalue weighted by atomic mass is 35.5. The topological polar surface area (TPSA) is 113 Å². The molecule has 1 aliphatic heterocycles. The predicted octanol–water partition coefficient (Wildman–Crippen LogP) is 3.51. The fraction of sp³-hybridized carbons (Fsp3) is 0.111. The van der Waals surface area contributed by atoms with Gasteiger partial charge in [-0.1, -0.05) is 17.7 Å². The van der Waals surface area contributed by atoms with E-state index < -0.39 is 22.9 Å². The maximum atomic E-state index is 12.8. The molecule has 0 unspecified atom stereocenters. The zero-order chi connectivity index (χ0) is 19.6. The Morgan fingerprint density at radius 2 is 1.93 bits per heavy atom. The van der Waals surface area contributed by atoms with E-state index in [0.717, 1.165) is 0 Å². The molecule has 27 heavy (non-hydrogen) atoms. The van der Waals surface area contributed by atoms with Crippen LogP contribution >= 0.6 is 11.6 Å². The molecule has 0 fully saturated rings. The average molecular weight is 387 g/mol. The summed E-state index contributed by atoms with van der Waals surface area (Å²) in [6.45, 7) is 1.62. The number of non-ortho nitro benzene ring substituents is 1. The highest BCUT2D eigenvalue weighted by molar-refractivity contribution is 6.31. The second-order valence-corrected chi connectivity index (χ2v) is 6.32. The summed E-state index contributed by atoms with van der Waals surface area (Å²) in [5.74, 6) is -0.425. The number of allylic oxidation sites excluding steroid dienone is 1. The van der Waals surface area contributed by atoms with Crippen LogP contribution in [-0.2, 0) is 4.79 Å². The molecule has 0 radical (unpaired) electrons. The molecule has 0 aromatic heterocycles. The fourth-order valence-electron chi connectivity index (χ4n) is 2.80. The fourth-order valence-corrected chi connectivity index (χ4v) is 2.99. The van der Waals surface area contributed by atoms with Crippen LogP contribution in [0.1, 0.15) is 18.5 Å². The predicted molar refractivity (Wildman–Crippen MR) is 100 cm³/mol. The van der Waals surface area contributed by atoms with Gasteiger partial charge in [0.1, 0.15) is 0 Å². The Labute approximate surface area is 159 Å². The number of carbonyl (C=O) groups is 2. The summed E-state index contributed by atoms with van der Waals surface area (Å²) in [4.78, 5) is 35.1. The van der Waals surface area contributed by atoms with Gasteiger partial charge in [0.25, 0.3) is 11.6 Å². The Balaban J connectivity index is 1.93. The number of nitro groups is 1. The lowest BCUT2D eigenvalue weighted by Crippen LogP contribution is -2.45. The summed E-state index contributed by atoms with van der Waals surface area (Å²) in [7, 11) is 0. The molecular weight excluding hydrogens is 372 g/mol. The molecule has 3 N–H and O–H groups in total. The Morgan fingerprint density at radius 1 is 1.22 bits per heavy atom. The van der Waals surface area contributed by atoms with Crippen molar-refractivity contribution in [1.29, 1.82) is 0 Å².